The molecule has 0 saturated carbocycles. The highest BCUT2D eigenvalue weighted by molar-refractivity contribution is 9.10. The minimum atomic E-state index is -3.91. The van der Waals surface area contributed by atoms with Gasteiger partial charge in [-0.3, -0.25) is 0 Å². The Kier molecular flexibility index (Phi) is 4.99. The van der Waals surface area contributed by atoms with Gasteiger partial charge in [0.15, 0.2) is 5.82 Å². The summed E-state index contributed by atoms with van der Waals surface area (Å²) in [6.45, 7) is -0.458. The number of benzene rings is 1. The van der Waals surface area contributed by atoms with E-state index in [2.05, 4.69) is 30.8 Å². The van der Waals surface area contributed by atoms with Crippen LogP contribution in [0.3, 0.4) is 0 Å². The van der Waals surface area contributed by atoms with Crippen LogP contribution in [0.4, 0.5) is 0 Å². The Bertz CT molecular complexity index is 750. The number of sulfonamides is 1. The van der Waals surface area contributed by atoms with Crippen molar-refractivity contribution in [3.63, 3.8) is 0 Å². The maximum Gasteiger partial charge on any atom is 0.242 e. The molecule has 114 valence electrons. The minimum Gasteiger partial charge on any atom is -0.394 e. The first-order chi connectivity index (χ1) is 9.85. The van der Waals surface area contributed by atoms with Crippen molar-refractivity contribution in [1.82, 2.24) is 19.5 Å². The molecule has 0 bridgehead atoms. The lowest BCUT2D eigenvalue weighted by molar-refractivity contribution is 0.251. The number of aliphatic hydroxyl groups is 1. The summed E-state index contributed by atoms with van der Waals surface area (Å²) in [7, 11) is -2.25. The van der Waals surface area contributed by atoms with Crippen LogP contribution in [0.15, 0.2) is 33.9 Å². The number of hydrogen-bond acceptors (Lipinski definition) is 5. The van der Waals surface area contributed by atoms with Gasteiger partial charge in [0.25, 0.3) is 0 Å². The first-order valence-electron chi connectivity index (χ1n) is 5.77. The van der Waals surface area contributed by atoms with Crippen molar-refractivity contribution in [3.8, 4) is 0 Å². The Morgan fingerprint density at radius 1 is 1.52 bits per heavy atom. The summed E-state index contributed by atoms with van der Waals surface area (Å²) >= 11 is 9.16. The second-order valence-corrected chi connectivity index (χ2v) is 7.24. The van der Waals surface area contributed by atoms with Crippen LogP contribution in [0.25, 0.3) is 0 Å². The van der Waals surface area contributed by atoms with Crippen LogP contribution >= 0.6 is 27.5 Å². The predicted octanol–water partition coefficient (Wildman–Crippen LogP) is 1.24. The highest BCUT2D eigenvalue weighted by Gasteiger charge is 2.25. The van der Waals surface area contributed by atoms with Gasteiger partial charge in [0.2, 0.25) is 10.0 Å². The van der Waals surface area contributed by atoms with Gasteiger partial charge in [-0.1, -0.05) is 27.5 Å². The van der Waals surface area contributed by atoms with E-state index in [4.69, 9.17) is 11.6 Å². The monoisotopic (exact) mass is 394 g/mol. The van der Waals surface area contributed by atoms with Crippen LogP contribution in [-0.4, -0.2) is 34.9 Å². The number of nitrogens with one attached hydrogen (secondary N) is 1. The number of aryl methyl sites for hydroxylation is 1. The molecule has 2 rings (SSSR count). The summed E-state index contributed by atoms with van der Waals surface area (Å²) in [4.78, 5) is -0.0759. The van der Waals surface area contributed by atoms with E-state index >= 15 is 0 Å². The number of hydrogen-bond donors (Lipinski definition) is 2. The van der Waals surface area contributed by atoms with Crippen molar-refractivity contribution < 1.29 is 13.5 Å². The molecule has 10 heteroatoms. The quantitative estimate of drug-likeness (QED) is 0.794. The second-order valence-electron chi connectivity index (χ2n) is 4.23. The van der Waals surface area contributed by atoms with Crippen molar-refractivity contribution in [2.45, 2.75) is 10.9 Å². The molecule has 2 aromatic rings. The molecule has 0 radical (unpaired) electrons. The summed E-state index contributed by atoms with van der Waals surface area (Å²) < 4.78 is 29.3. The van der Waals surface area contributed by atoms with E-state index in [1.54, 1.807) is 13.1 Å². The fourth-order valence-electron chi connectivity index (χ4n) is 1.72. The first kappa shape index (κ1) is 16.4. The molecule has 0 amide bonds. The number of aromatic nitrogens is 3. The van der Waals surface area contributed by atoms with Crippen LogP contribution < -0.4 is 4.72 Å². The molecule has 0 aliphatic rings. The molecule has 0 fully saturated rings. The van der Waals surface area contributed by atoms with Gasteiger partial charge in [-0.25, -0.2) is 8.42 Å². The summed E-state index contributed by atoms with van der Waals surface area (Å²) in [5, 5.41) is 16.9. The van der Waals surface area contributed by atoms with Crippen LogP contribution in [0.2, 0.25) is 5.02 Å². The fraction of sp³-hybridized carbons (Fsp3) is 0.273. The SMILES string of the molecule is Cn1cnnc1C(CO)NS(=O)(=O)c1ccc(Br)cc1Cl. The molecule has 0 aliphatic carbocycles. The van der Waals surface area contributed by atoms with E-state index in [-0.39, 0.29) is 9.92 Å². The molecule has 0 aliphatic heterocycles. The Balaban J connectivity index is 2.34. The third-order valence-electron chi connectivity index (χ3n) is 2.72. The average Bonchev–Trinajstić information content (AvgIpc) is 2.81. The van der Waals surface area contributed by atoms with Crippen molar-refractivity contribution in [2.75, 3.05) is 6.61 Å². The summed E-state index contributed by atoms with van der Waals surface area (Å²) in [6.07, 6.45) is 1.42. The van der Waals surface area contributed by atoms with Crippen LogP contribution in [0, 0.1) is 0 Å². The smallest absolute Gasteiger partial charge is 0.242 e. The van der Waals surface area contributed by atoms with Crippen molar-refractivity contribution >= 4 is 37.6 Å². The Morgan fingerprint density at radius 3 is 2.76 bits per heavy atom. The van der Waals surface area contributed by atoms with Gasteiger partial charge in [-0.05, 0) is 18.2 Å². The number of nitrogens with zero attached hydrogens (tertiary/aromatic N) is 3. The normalized spacial score (nSPS) is 13.3. The van der Waals surface area contributed by atoms with Gasteiger partial charge in [-0.15, -0.1) is 10.2 Å². The number of aliphatic hydroxyl groups excluding tert-OH is 1. The molecule has 21 heavy (non-hydrogen) atoms. The molecule has 7 nitrogen and oxygen atoms in total. The molecule has 0 spiro atoms. The van der Waals surface area contributed by atoms with Gasteiger partial charge in [0.05, 0.1) is 11.6 Å². The highest BCUT2D eigenvalue weighted by Crippen LogP contribution is 2.26. The third-order valence-corrected chi connectivity index (χ3v) is 5.17. The second kappa shape index (κ2) is 6.41. The molecule has 1 aromatic carbocycles. The molecule has 1 unspecified atom stereocenters. The topological polar surface area (TPSA) is 97.1 Å². The molecule has 2 N–H and O–H groups in total. The zero-order valence-electron chi connectivity index (χ0n) is 10.9. The molecule has 1 atom stereocenters. The Morgan fingerprint density at radius 2 is 2.24 bits per heavy atom. The Labute approximate surface area is 135 Å². The molecular weight excluding hydrogens is 384 g/mol. The lowest BCUT2D eigenvalue weighted by atomic mass is 10.3. The van der Waals surface area contributed by atoms with E-state index in [0.29, 0.717) is 10.3 Å². The summed E-state index contributed by atoms with van der Waals surface area (Å²) in [6, 6.07) is 3.50. The van der Waals surface area contributed by atoms with Crippen molar-refractivity contribution in [2.24, 2.45) is 7.05 Å². The molecule has 1 heterocycles. The molecule has 1 aromatic heterocycles. The Hall–Kier alpha value is -1.000. The van der Waals surface area contributed by atoms with Gasteiger partial charge in [0.1, 0.15) is 17.3 Å². The van der Waals surface area contributed by atoms with E-state index in [1.165, 1.54) is 23.0 Å². The molecular formula is C11H12BrClN4O3S. The van der Waals surface area contributed by atoms with Crippen LogP contribution in [0.1, 0.15) is 11.9 Å². The summed E-state index contributed by atoms with van der Waals surface area (Å²) in [5.41, 5.74) is 0. The zero-order valence-corrected chi connectivity index (χ0v) is 14.0. The van der Waals surface area contributed by atoms with E-state index in [9.17, 15) is 13.5 Å². The lowest BCUT2D eigenvalue weighted by Crippen LogP contribution is -2.32. The third kappa shape index (κ3) is 3.61. The number of halogens is 2. The lowest BCUT2D eigenvalue weighted by Gasteiger charge is -2.16. The predicted molar refractivity (Wildman–Crippen MR) is 80.3 cm³/mol. The zero-order chi connectivity index (χ0) is 15.6. The van der Waals surface area contributed by atoms with Gasteiger partial charge in [-0.2, -0.15) is 4.72 Å². The minimum absolute atomic E-state index is 0.0755. The summed E-state index contributed by atoms with van der Waals surface area (Å²) in [5.74, 6) is 0.300. The van der Waals surface area contributed by atoms with Crippen molar-refractivity contribution in [3.05, 3.63) is 39.8 Å². The van der Waals surface area contributed by atoms with Gasteiger partial charge < -0.3 is 9.67 Å². The van der Waals surface area contributed by atoms with E-state index < -0.39 is 22.7 Å². The van der Waals surface area contributed by atoms with E-state index in [1.807, 2.05) is 0 Å². The first-order valence-corrected chi connectivity index (χ1v) is 8.42. The van der Waals surface area contributed by atoms with Crippen LogP contribution in [0.5, 0.6) is 0 Å². The maximum atomic E-state index is 12.4. The standard InChI is InChI=1S/C11H12BrClN4O3S/c1-17-6-14-15-11(17)9(5-18)16-21(19,20)10-3-2-7(12)4-8(10)13/h2-4,6,9,16,18H,5H2,1H3. The largest absolute Gasteiger partial charge is 0.394 e. The fourth-order valence-corrected chi connectivity index (χ4v) is 3.95. The maximum absolute atomic E-state index is 12.4. The highest BCUT2D eigenvalue weighted by atomic mass is 79.9. The molecule has 0 saturated heterocycles. The van der Waals surface area contributed by atoms with Gasteiger partial charge >= 0.3 is 0 Å². The van der Waals surface area contributed by atoms with Gasteiger partial charge in [0, 0.05) is 11.5 Å². The van der Waals surface area contributed by atoms with Crippen molar-refractivity contribution in [1.29, 1.82) is 0 Å². The number of rotatable bonds is 5. The van der Waals surface area contributed by atoms with E-state index in [0.717, 1.165) is 0 Å². The average molecular weight is 396 g/mol. The van der Waals surface area contributed by atoms with Crippen LogP contribution in [-0.2, 0) is 17.1 Å².